The lowest BCUT2D eigenvalue weighted by atomic mass is 10.1. The Bertz CT molecular complexity index is 933. The van der Waals surface area contributed by atoms with Gasteiger partial charge in [-0.15, -0.1) is 0 Å². The molecular formula is C26H28O4. The molecule has 0 fully saturated rings. The standard InChI is InChI=1S/C26H28O4/c1-4-20-13-15-23(16-14-20)30-25(19(2)3)26(27)28-18-21-9-8-12-24(17-21)29-22-10-6-5-7-11-22/h5-17,19,25H,4,18H2,1-3H3. The van der Waals surface area contributed by atoms with E-state index in [2.05, 4.69) is 6.92 Å². The summed E-state index contributed by atoms with van der Waals surface area (Å²) in [5.41, 5.74) is 2.08. The zero-order valence-electron chi connectivity index (χ0n) is 17.7. The predicted octanol–water partition coefficient (Wildman–Crippen LogP) is 6.19. The van der Waals surface area contributed by atoms with Crippen molar-refractivity contribution in [3.63, 3.8) is 0 Å². The van der Waals surface area contributed by atoms with E-state index in [4.69, 9.17) is 14.2 Å². The summed E-state index contributed by atoms with van der Waals surface area (Å²) < 4.78 is 17.3. The van der Waals surface area contributed by atoms with Crippen LogP contribution in [0, 0.1) is 5.92 Å². The van der Waals surface area contributed by atoms with Gasteiger partial charge in [0.1, 0.15) is 23.9 Å². The number of benzene rings is 3. The third-order valence-electron chi connectivity index (χ3n) is 4.69. The lowest BCUT2D eigenvalue weighted by Crippen LogP contribution is -2.34. The summed E-state index contributed by atoms with van der Waals surface area (Å²) in [4.78, 5) is 12.7. The van der Waals surface area contributed by atoms with Crippen LogP contribution < -0.4 is 9.47 Å². The first kappa shape index (κ1) is 21.4. The van der Waals surface area contributed by atoms with Gasteiger partial charge in [-0.3, -0.25) is 0 Å². The second-order valence-electron chi connectivity index (χ2n) is 7.45. The molecule has 4 nitrogen and oxygen atoms in total. The highest BCUT2D eigenvalue weighted by Gasteiger charge is 2.26. The number of hydrogen-bond donors (Lipinski definition) is 0. The maximum Gasteiger partial charge on any atom is 0.347 e. The molecule has 0 aliphatic carbocycles. The minimum Gasteiger partial charge on any atom is -0.478 e. The van der Waals surface area contributed by atoms with Crippen molar-refractivity contribution in [3.05, 3.63) is 90.0 Å². The average molecular weight is 405 g/mol. The SMILES string of the molecule is CCc1ccc(OC(C(=O)OCc2cccc(Oc3ccccc3)c2)C(C)C)cc1. The van der Waals surface area contributed by atoms with Gasteiger partial charge in [0.2, 0.25) is 0 Å². The van der Waals surface area contributed by atoms with Crippen LogP contribution in [0.2, 0.25) is 0 Å². The van der Waals surface area contributed by atoms with E-state index in [-0.39, 0.29) is 18.5 Å². The van der Waals surface area contributed by atoms with E-state index in [1.165, 1.54) is 5.56 Å². The molecule has 3 aromatic rings. The van der Waals surface area contributed by atoms with Gasteiger partial charge in [0.25, 0.3) is 0 Å². The van der Waals surface area contributed by atoms with E-state index in [1.807, 2.05) is 92.7 Å². The van der Waals surface area contributed by atoms with Crippen LogP contribution in [0.25, 0.3) is 0 Å². The van der Waals surface area contributed by atoms with E-state index in [0.717, 1.165) is 17.7 Å². The second-order valence-corrected chi connectivity index (χ2v) is 7.45. The highest BCUT2D eigenvalue weighted by atomic mass is 16.6. The fraction of sp³-hybridized carbons (Fsp3) is 0.269. The van der Waals surface area contributed by atoms with Crippen LogP contribution in [0.1, 0.15) is 31.9 Å². The molecule has 0 aliphatic rings. The van der Waals surface area contributed by atoms with Gasteiger partial charge in [-0.1, -0.05) is 63.2 Å². The minimum absolute atomic E-state index is 0.0175. The number of esters is 1. The van der Waals surface area contributed by atoms with Crippen LogP contribution in [0.3, 0.4) is 0 Å². The Morgan fingerprint density at radius 1 is 0.800 bits per heavy atom. The largest absolute Gasteiger partial charge is 0.478 e. The van der Waals surface area contributed by atoms with Gasteiger partial charge in [-0.25, -0.2) is 4.79 Å². The molecule has 1 unspecified atom stereocenters. The average Bonchev–Trinajstić information content (AvgIpc) is 2.77. The molecule has 3 aromatic carbocycles. The first-order valence-electron chi connectivity index (χ1n) is 10.3. The van der Waals surface area contributed by atoms with Crippen molar-refractivity contribution < 1.29 is 19.0 Å². The van der Waals surface area contributed by atoms with Crippen LogP contribution in [0.15, 0.2) is 78.9 Å². The van der Waals surface area contributed by atoms with Gasteiger partial charge in [-0.2, -0.15) is 0 Å². The molecule has 0 N–H and O–H groups in total. The van der Waals surface area contributed by atoms with Gasteiger partial charge in [0, 0.05) is 5.92 Å². The zero-order chi connectivity index (χ0) is 21.3. The molecule has 30 heavy (non-hydrogen) atoms. The first-order valence-corrected chi connectivity index (χ1v) is 10.3. The van der Waals surface area contributed by atoms with Gasteiger partial charge >= 0.3 is 5.97 Å². The summed E-state index contributed by atoms with van der Waals surface area (Å²) in [5.74, 6) is 1.73. The second kappa shape index (κ2) is 10.5. The Balaban J connectivity index is 1.60. The van der Waals surface area contributed by atoms with Gasteiger partial charge in [0.15, 0.2) is 6.10 Å². The number of ether oxygens (including phenoxy) is 3. The smallest absolute Gasteiger partial charge is 0.347 e. The molecule has 0 aromatic heterocycles. The Kier molecular flexibility index (Phi) is 7.50. The Morgan fingerprint density at radius 3 is 2.17 bits per heavy atom. The number of carbonyl (C=O) groups excluding carboxylic acids is 1. The van der Waals surface area contributed by atoms with Crippen molar-refractivity contribution in [2.45, 2.75) is 39.9 Å². The van der Waals surface area contributed by atoms with Gasteiger partial charge in [-0.05, 0) is 53.9 Å². The van der Waals surface area contributed by atoms with Crippen LogP contribution in [-0.4, -0.2) is 12.1 Å². The maximum atomic E-state index is 12.7. The van der Waals surface area contributed by atoms with Crippen molar-refractivity contribution in [2.24, 2.45) is 5.92 Å². The highest BCUT2D eigenvalue weighted by Crippen LogP contribution is 2.23. The molecule has 0 bridgehead atoms. The molecule has 0 saturated heterocycles. The van der Waals surface area contributed by atoms with E-state index in [1.54, 1.807) is 0 Å². The van der Waals surface area contributed by atoms with Crippen molar-refractivity contribution in [2.75, 3.05) is 0 Å². The molecule has 4 heteroatoms. The lowest BCUT2D eigenvalue weighted by molar-refractivity contribution is -0.155. The fourth-order valence-corrected chi connectivity index (χ4v) is 2.97. The molecular weight excluding hydrogens is 376 g/mol. The van der Waals surface area contributed by atoms with E-state index in [0.29, 0.717) is 11.5 Å². The van der Waals surface area contributed by atoms with E-state index < -0.39 is 6.10 Å². The summed E-state index contributed by atoms with van der Waals surface area (Å²) in [5, 5.41) is 0. The Hall–Kier alpha value is -3.27. The number of hydrogen-bond acceptors (Lipinski definition) is 4. The molecule has 0 heterocycles. The van der Waals surface area contributed by atoms with Crippen LogP contribution in [0.4, 0.5) is 0 Å². The van der Waals surface area contributed by atoms with Crippen molar-refractivity contribution in [1.82, 2.24) is 0 Å². The molecule has 0 aliphatic heterocycles. The van der Waals surface area contributed by atoms with Gasteiger partial charge in [0.05, 0.1) is 0 Å². The van der Waals surface area contributed by atoms with E-state index >= 15 is 0 Å². The Labute approximate surface area is 178 Å². The lowest BCUT2D eigenvalue weighted by Gasteiger charge is -2.21. The maximum absolute atomic E-state index is 12.7. The first-order chi connectivity index (χ1) is 14.5. The Morgan fingerprint density at radius 2 is 1.50 bits per heavy atom. The van der Waals surface area contributed by atoms with Crippen molar-refractivity contribution in [1.29, 1.82) is 0 Å². The summed E-state index contributed by atoms with van der Waals surface area (Å²) in [6.07, 6.45) is 0.296. The number of aryl methyl sites for hydroxylation is 1. The van der Waals surface area contributed by atoms with Crippen LogP contribution in [0.5, 0.6) is 17.2 Å². The topological polar surface area (TPSA) is 44.8 Å². The highest BCUT2D eigenvalue weighted by molar-refractivity contribution is 5.75. The van der Waals surface area contributed by atoms with Crippen molar-refractivity contribution >= 4 is 5.97 Å². The van der Waals surface area contributed by atoms with Crippen molar-refractivity contribution in [3.8, 4) is 17.2 Å². The van der Waals surface area contributed by atoms with Crippen LogP contribution >= 0.6 is 0 Å². The molecule has 0 radical (unpaired) electrons. The molecule has 0 amide bonds. The summed E-state index contributed by atoms with van der Waals surface area (Å²) in [6, 6.07) is 24.9. The third kappa shape index (κ3) is 6.11. The molecule has 156 valence electrons. The summed E-state index contributed by atoms with van der Waals surface area (Å²) in [6.45, 7) is 6.15. The minimum atomic E-state index is -0.666. The molecule has 3 rings (SSSR count). The summed E-state index contributed by atoms with van der Waals surface area (Å²) in [7, 11) is 0. The zero-order valence-corrected chi connectivity index (χ0v) is 17.7. The quantitative estimate of drug-likeness (QED) is 0.399. The van der Waals surface area contributed by atoms with Crippen LogP contribution in [-0.2, 0) is 22.6 Å². The third-order valence-corrected chi connectivity index (χ3v) is 4.69. The molecule has 0 saturated carbocycles. The monoisotopic (exact) mass is 404 g/mol. The summed E-state index contributed by atoms with van der Waals surface area (Å²) >= 11 is 0. The molecule has 0 spiro atoms. The fourth-order valence-electron chi connectivity index (χ4n) is 2.97. The van der Waals surface area contributed by atoms with Gasteiger partial charge < -0.3 is 14.2 Å². The predicted molar refractivity (Wildman–Crippen MR) is 118 cm³/mol. The normalized spacial score (nSPS) is 11.7. The number of carbonyl (C=O) groups is 1. The molecule has 1 atom stereocenters. The van der Waals surface area contributed by atoms with E-state index in [9.17, 15) is 4.79 Å². The number of para-hydroxylation sites is 1. The number of rotatable bonds is 9.